The standard InChI is InChI=1S/C24H27F5Si/c1-2-9-30-10-7-16(8-11-30)3-4-17-5-6-19(20(26)12-17)18-13-21(27)24(22(28)14-18)23(29)15-25/h5-6,12-16,30H,2-4,7-11H2,1H3/t16-,30-. The molecule has 0 aliphatic carbocycles. The molecule has 0 unspecified atom stereocenters. The van der Waals surface area contributed by atoms with Crippen LogP contribution in [0.1, 0.15) is 43.7 Å². The van der Waals surface area contributed by atoms with Crippen LogP contribution >= 0.6 is 0 Å². The van der Waals surface area contributed by atoms with E-state index in [0.29, 0.717) is 5.92 Å². The number of halogens is 5. The quantitative estimate of drug-likeness (QED) is 0.304. The van der Waals surface area contributed by atoms with Gasteiger partial charge in [0.15, 0.2) is 5.83 Å². The van der Waals surface area contributed by atoms with Crippen LogP contribution in [-0.4, -0.2) is 8.80 Å². The Labute approximate surface area is 176 Å². The number of benzene rings is 2. The van der Waals surface area contributed by atoms with E-state index in [1.807, 2.05) is 0 Å². The largest absolute Gasteiger partial charge is 0.212 e. The number of aryl methyl sites for hydroxylation is 1. The van der Waals surface area contributed by atoms with Gasteiger partial charge in [-0.05, 0) is 48.1 Å². The summed E-state index contributed by atoms with van der Waals surface area (Å²) in [5.74, 6) is -4.08. The monoisotopic (exact) mass is 438 g/mol. The summed E-state index contributed by atoms with van der Waals surface area (Å²) in [6.07, 6.45) is 5.16. The predicted octanol–water partition coefficient (Wildman–Crippen LogP) is 7.99. The Hall–Kier alpha value is -1.95. The van der Waals surface area contributed by atoms with E-state index in [4.69, 9.17) is 0 Å². The second-order valence-corrected chi connectivity index (χ2v) is 11.8. The van der Waals surface area contributed by atoms with Gasteiger partial charge < -0.3 is 0 Å². The van der Waals surface area contributed by atoms with Crippen LogP contribution in [0.25, 0.3) is 17.0 Å². The zero-order valence-corrected chi connectivity index (χ0v) is 18.3. The van der Waals surface area contributed by atoms with Crippen molar-refractivity contribution < 1.29 is 22.0 Å². The molecule has 1 saturated heterocycles. The van der Waals surface area contributed by atoms with E-state index in [2.05, 4.69) is 6.92 Å². The maximum atomic E-state index is 14.6. The summed E-state index contributed by atoms with van der Waals surface area (Å²) in [5.41, 5.74) is -0.259. The van der Waals surface area contributed by atoms with Gasteiger partial charge in [-0.3, -0.25) is 0 Å². The van der Waals surface area contributed by atoms with E-state index < -0.39 is 44.0 Å². The van der Waals surface area contributed by atoms with E-state index >= 15 is 0 Å². The molecule has 0 amide bonds. The topological polar surface area (TPSA) is 0 Å². The smallest absolute Gasteiger partial charge is 0.164 e. The Bertz CT molecular complexity index is 877. The van der Waals surface area contributed by atoms with Gasteiger partial charge in [0.1, 0.15) is 23.8 Å². The Balaban J connectivity index is 1.67. The first kappa shape index (κ1) is 22.7. The highest BCUT2D eigenvalue weighted by atomic mass is 28.3. The first-order valence-electron chi connectivity index (χ1n) is 10.7. The van der Waals surface area contributed by atoms with Crippen LogP contribution in [0, 0.1) is 23.4 Å². The van der Waals surface area contributed by atoms with Crippen LogP contribution < -0.4 is 0 Å². The van der Waals surface area contributed by atoms with E-state index in [1.54, 1.807) is 6.07 Å². The first-order chi connectivity index (χ1) is 14.4. The molecule has 0 radical (unpaired) electrons. The molecule has 6 heteroatoms. The molecule has 0 saturated carbocycles. The van der Waals surface area contributed by atoms with Gasteiger partial charge in [-0.25, -0.2) is 22.0 Å². The van der Waals surface area contributed by atoms with Crippen LogP contribution in [0.15, 0.2) is 36.7 Å². The average Bonchev–Trinajstić information content (AvgIpc) is 2.72. The number of hydrogen-bond acceptors (Lipinski definition) is 0. The van der Waals surface area contributed by atoms with Gasteiger partial charge >= 0.3 is 0 Å². The van der Waals surface area contributed by atoms with Crippen molar-refractivity contribution in [2.75, 3.05) is 0 Å². The average molecular weight is 439 g/mol. The second-order valence-electron chi connectivity index (χ2n) is 8.30. The number of rotatable bonds is 7. The third kappa shape index (κ3) is 5.39. The molecule has 2 aromatic carbocycles. The minimum Gasteiger partial charge on any atom is -0.212 e. The van der Waals surface area contributed by atoms with Crippen LogP contribution in [-0.2, 0) is 6.42 Å². The van der Waals surface area contributed by atoms with Gasteiger partial charge in [0, 0.05) is 14.4 Å². The third-order valence-electron chi connectivity index (χ3n) is 6.23. The van der Waals surface area contributed by atoms with E-state index in [9.17, 15) is 22.0 Å². The molecule has 0 spiro atoms. The molecule has 0 aromatic heterocycles. The fourth-order valence-electron chi connectivity index (χ4n) is 4.55. The maximum Gasteiger partial charge on any atom is 0.164 e. The van der Waals surface area contributed by atoms with Crippen molar-refractivity contribution in [3.63, 3.8) is 0 Å². The van der Waals surface area contributed by atoms with Crippen LogP contribution in [0.3, 0.4) is 0 Å². The van der Waals surface area contributed by atoms with Gasteiger partial charge in [0.2, 0.25) is 0 Å². The highest BCUT2D eigenvalue weighted by molar-refractivity contribution is 6.58. The molecule has 1 aliphatic rings. The molecule has 0 nitrogen and oxygen atoms in total. The Morgan fingerprint density at radius 1 is 1.03 bits per heavy atom. The zero-order valence-electron chi connectivity index (χ0n) is 17.2. The molecule has 3 rings (SSSR count). The molecule has 1 heterocycles. The molecule has 0 N–H and O–H groups in total. The van der Waals surface area contributed by atoms with Gasteiger partial charge in [-0.15, -0.1) is 0 Å². The van der Waals surface area contributed by atoms with Gasteiger partial charge in [0.25, 0.3) is 0 Å². The molecular formula is C24H27F5Si. The molecule has 1 aliphatic heterocycles. The summed E-state index contributed by atoms with van der Waals surface area (Å²) >= 11 is 0. The van der Waals surface area contributed by atoms with Crippen molar-refractivity contribution in [3.05, 3.63) is 65.2 Å². The fraction of sp³-hybridized carbons (Fsp3) is 0.417. The molecule has 0 bridgehead atoms. The van der Waals surface area contributed by atoms with E-state index in [1.165, 1.54) is 49.5 Å². The van der Waals surface area contributed by atoms with E-state index in [-0.39, 0.29) is 11.1 Å². The summed E-state index contributed by atoms with van der Waals surface area (Å²) in [5, 5.41) is 0. The summed E-state index contributed by atoms with van der Waals surface area (Å²) < 4.78 is 68.3. The lowest BCUT2D eigenvalue weighted by molar-refractivity contribution is 0.437. The normalized spacial score (nSPS) is 19.9. The third-order valence-corrected chi connectivity index (χ3v) is 9.92. The van der Waals surface area contributed by atoms with Crippen molar-refractivity contribution in [3.8, 4) is 11.1 Å². The van der Waals surface area contributed by atoms with Crippen LogP contribution in [0.5, 0.6) is 0 Å². The lowest BCUT2D eigenvalue weighted by Gasteiger charge is -2.27. The molecular weight excluding hydrogens is 411 g/mol. The molecule has 30 heavy (non-hydrogen) atoms. The van der Waals surface area contributed by atoms with E-state index in [0.717, 1.165) is 30.5 Å². The summed E-state index contributed by atoms with van der Waals surface area (Å²) in [4.78, 5) is 0. The van der Waals surface area contributed by atoms with Crippen molar-refractivity contribution >= 4 is 14.6 Å². The summed E-state index contributed by atoms with van der Waals surface area (Å²) in [6, 6.07) is 10.6. The Morgan fingerprint density at radius 2 is 1.70 bits per heavy atom. The Morgan fingerprint density at radius 3 is 2.27 bits per heavy atom. The van der Waals surface area contributed by atoms with Gasteiger partial charge in [-0.2, -0.15) is 0 Å². The number of hydrogen-bond donors (Lipinski definition) is 0. The first-order valence-corrected chi connectivity index (χ1v) is 13.1. The molecule has 0 atom stereocenters. The Kier molecular flexibility index (Phi) is 7.86. The van der Waals surface area contributed by atoms with Gasteiger partial charge in [0.05, 0.1) is 5.56 Å². The SMILES string of the molecule is CCC[Si@H]1CC[C@H](CCc2ccc(-c3cc(F)c(C(F)=CF)c(F)c3)c(F)c2)CC1. The van der Waals surface area contributed by atoms with Crippen LogP contribution in [0.4, 0.5) is 22.0 Å². The van der Waals surface area contributed by atoms with Crippen molar-refractivity contribution in [1.29, 1.82) is 0 Å². The van der Waals surface area contributed by atoms with Crippen molar-refractivity contribution in [2.24, 2.45) is 5.92 Å². The van der Waals surface area contributed by atoms with Gasteiger partial charge in [-0.1, -0.05) is 56.5 Å². The second kappa shape index (κ2) is 10.4. The lowest BCUT2D eigenvalue weighted by atomic mass is 9.93. The lowest BCUT2D eigenvalue weighted by Crippen LogP contribution is -2.21. The zero-order chi connectivity index (χ0) is 21.7. The molecule has 2 aromatic rings. The summed E-state index contributed by atoms with van der Waals surface area (Å²) in [6.45, 7) is 2.26. The molecule has 1 fully saturated rings. The van der Waals surface area contributed by atoms with Crippen molar-refractivity contribution in [1.82, 2.24) is 0 Å². The fourth-order valence-corrected chi connectivity index (χ4v) is 8.12. The maximum absolute atomic E-state index is 14.6. The summed E-state index contributed by atoms with van der Waals surface area (Å²) in [7, 11) is -0.503. The minimum atomic E-state index is -1.64. The minimum absolute atomic E-state index is 0.0267. The van der Waals surface area contributed by atoms with Crippen LogP contribution in [0.2, 0.25) is 18.1 Å². The highest BCUT2D eigenvalue weighted by Gasteiger charge is 2.22. The predicted molar refractivity (Wildman–Crippen MR) is 115 cm³/mol. The highest BCUT2D eigenvalue weighted by Crippen LogP contribution is 2.33. The molecule has 162 valence electrons. The van der Waals surface area contributed by atoms with Crippen molar-refractivity contribution in [2.45, 2.75) is 57.2 Å².